The van der Waals surface area contributed by atoms with Crippen molar-refractivity contribution in [2.24, 2.45) is 0 Å². The van der Waals surface area contributed by atoms with Crippen molar-refractivity contribution in [3.8, 4) is 6.07 Å². The molecule has 3 rings (SSSR count). The molecule has 0 aliphatic rings. The smallest absolute Gasteiger partial charge is 0.0991 e. The minimum Gasteiger partial charge on any atom is -0.192 e. The van der Waals surface area contributed by atoms with E-state index in [4.69, 9.17) is 5.26 Å². The van der Waals surface area contributed by atoms with Crippen LogP contribution in [0.2, 0.25) is 0 Å². The zero-order valence-electron chi connectivity index (χ0n) is 12.7. The molecule has 0 aromatic heterocycles. The molecule has 112 valence electrons. The van der Waals surface area contributed by atoms with Gasteiger partial charge in [0.25, 0.3) is 0 Å². The molecule has 23 heavy (non-hydrogen) atoms. The monoisotopic (exact) mass is 315 g/mol. The van der Waals surface area contributed by atoms with Crippen molar-refractivity contribution in [1.29, 1.82) is 5.26 Å². The Labute approximate surface area is 141 Å². The Balaban J connectivity index is 1.80. The summed E-state index contributed by atoms with van der Waals surface area (Å²) in [5.74, 6) is 0.917. The minimum atomic E-state index is 0.313. The third-order valence-electron chi connectivity index (χ3n) is 3.70. The highest BCUT2D eigenvalue weighted by Gasteiger charge is 2.14. The van der Waals surface area contributed by atoms with Gasteiger partial charge in [0.05, 0.1) is 16.9 Å². The van der Waals surface area contributed by atoms with Crippen LogP contribution in [0.15, 0.2) is 84.9 Å². The van der Waals surface area contributed by atoms with Crippen LogP contribution in [0, 0.1) is 11.3 Å². The van der Waals surface area contributed by atoms with E-state index in [2.05, 4.69) is 66.7 Å². The maximum absolute atomic E-state index is 8.89. The molecule has 3 aromatic carbocycles. The van der Waals surface area contributed by atoms with E-state index >= 15 is 0 Å². The first-order valence-corrected chi connectivity index (χ1v) is 8.62. The topological polar surface area (TPSA) is 23.8 Å². The van der Waals surface area contributed by atoms with Crippen molar-refractivity contribution in [1.82, 2.24) is 0 Å². The van der Waals surface area contributed by atoms with E-state index in [0.29, 0.717) is 10.8 Å². The number of nitrogens with zero attached hydrogens (tertiary/aromatic N) is 1. The van der Waals surface area contributed by atoms with Gasteiger partial charge in [-0.2, -0.15) is 5.26 Å². The van der Waals surface area contributed by atoms with Crippen LogP contribution in [-0.4, -0.2) is 0 Å². The molecule has 0 unspecified atom stereocenters. The number of thioether (sulfide) groups is 1. The predicted octanol–water partition coefficient (Wildman–Crippen LogP) is 5.58. The normalized spacial score (nSPS) is 10.4. The van der Waals surface area contributed by atoms with Gasteiger partial charge >= 0.3 is 0 Å². The van der Waals surface area contributed by atoms with Crippen LogP contribution in [0.3, 0.4) is 0 Å². The van der Waals surface area contributed by atoms with Crippen molar-refractivity contribution < 1.29 is 0 Å². The lowest BCUT2D eigenvalue weighted by molar-refractivity contribution is 1.15. The van der Waals surface area contributed by atoms with Crippen LogP contribution in [0.4, 0.5) is 0 Å². The van der Waals surface area contributed by atoms with Gasteiger partial charge in [0.2, 0.25) is 0 Å². The molecule has 0 fully saturated rings. The zero-order chi connectivity index (χ0) is 15.9. The third kappa shape index (κ3) is 4.03. The van der Waals surface area contributed by atoms with Crippen LogP contribution in [0.5, 0.6) is 0 Å². The first kappa shape index (κ1) is 15.4. The Bertz CT molecular complexity index is 734. The van der Waals surface area contributed by atoms with Crippen molar-refractivity contribution in [3.05, 3.63) is 107 Å². The molecule has 3 aromatic rings. The van der Waals surface area contributed by atoms with Gasteiger partial charge in [0, 0.05) is 5.75 Å². The number of hydrogen-bond acceptors (Lipinski definition) is 2. The standard InChI is InChI=1S/C21H17NS/c22-15-17-11-13-18(14-12-17)16-23-21(19-7-3-1-4-8-19)20-9-5-2-6-10-20/h1-14,21H,16H2. The van der Waals surface area contributed by atoms with E-state index in [-0.39, 0.29) is 0 Å². The number of nitriles is 1. The molecule has 0 saturated carbocycles. The second-order valence-corrected chi connectivity index (χ2v) is 6.41. The van der Waals surface area contributed by atoms with Crippen molar-refractivity contribution >= 4 is 11.8 Å². The average molecular weight is 315 g/mol. The Kier molecular flexibility index (Phi) is 5.13. The summed E-state index contributed by atoms with van der Waals surface area (Å²) in [5.41, 5.74) is 4.59. The fraction of sp³-hybridized carbons (Fsp3) is 0.0952. The average Bonchev–Trinajstić information content (AvgIpc) is 2.64. The predicted molar refractivity (Wildman–Crippen MR) is 97.2 cm³/mol. The molecule has 0 N–H and O–H groups in total. The molecule has 0 heterocycles. The Morgan fingerprint density at radius 2 is 1.26 bits per heavy atom. The summed E-state index contributed by atoms with van der Waals surface area (Å²) in [7, 11) is 0. The second-order valence-electron chi connectivity index (χ2n) is 5.32. The molecule has 2 heteroatoms. The third-order valence-corrected chi connectivity index (χ3v) is 5.08. The molecule has 0 aliphatic carbocycles. The summed E-state index contributed by atoms with van der Waals surface area (Å²) in [5, 5.41) is 9.20. The van der Waals surface area contributed by atoms with E-state index in [9.17, 15) is 0 Å². The molecule has 1 nitrogen and oxygen atoms in total. The van der Waals surface area contributed by atoms with Gasteiger partial charge in [0.1, 0.15) is 0 Å². The van der Waals surface area contributed by atoms with Gasteiger partial charge in [-0.05, 0) is 28.8 Å². The lowest BCUT2D eigenvalue weighted by atomic mass is 10.0. The van der Waals surface area contributed by atoms with Crippen LogP contribution < -0.4 is 0 Å². The minimum absolute atomic E-state index is 0.313. The first-order valence-electron chi connectivity index (χ1n) is 7.57. The zero-order valence-corrected chi connectivity index (χ0v) is 13.5. The molecular weight excluding hydrogens is 298 g/mol. The van der Waals surface area contributed by atoms with Crippen LogP contribution in [0.25, 0.3) is 0 Å². The lowest BCUT2D eigenvalue weighted by Crippen LogP contribution is -1.97. The van der Waals surface area contributed by atoms with Gasteiger partial charge < -0.3 is 0 Å². The number of hydrogen-bond donors (Lipinski definition) is 0. The highest BCUT2D eigenvalue weighted by atomic mass is 32.2. The Morgan fingerprint density at radius 3 is 1.74 bits per heavy atom. The molecule has 0 aliphatic heterocycles. The number of benzene rings is 3. The molecular formula is C21H17NS. The van der Waals surface area contributed by atoms with Crippen LogP contribution in [0.1, 0.15) is 27.5 Å². The highest BCUT2D eigenvalue weighted by molar-refractivity contribution is 7.98. The van der Waals surface area contributed by atoms with E-state index in [1.54, 1.807) is 0 Å². The van der Waals surface area contributed by atoms with E-state index in [1.165, 1.54) is 16.7 Å². The summed E-state index contributed by atoms with van der Waals surface area (Å²) in [4.78, 5) is 0. The first-order chi connectivity index (χ1) is 11.4. The Morgan fingerprint density at radius 1 is 0.739 bits per heavy atom. The quantitative estimate of drug-likeness (QED) is 0.613. The maximum atomic E-state index is 8.89. The molecule has 0 bridgehead atoms. The summed E-state index contributed by atoms with van der Waals surface area (Å²) in [6.45, 7) is 0. The van der Waals surface area contributed by atoms with Gasteiger partial charge in [-0.15, -0.1) is 11.8 Å². The molecule has 0 atom stereocenters. The highest BCUT2D eigenvalue weighted by Crippen LogP contribution is 2.37. The Hall–Kier alpha value is -2.50. The molecule has 0 spiro atoms. The second kappa shape index (κ2) is 7.67. The van der Waals surface area contributed by atoms with E-state index < -0.39 is 0 Å². The van der Waals surface area contributed by atoms with Gasteiger partial charge in [-0.1, -0.05) is 72.8 Å². The summed E-state index contributed by atoms with van der Waals surface area (Å²) in [6.07, 6.45) is 0. The van der Waals surface area contributed by atoms with Gasteiger partial charge in [-0.25, -0.2) is 0 Å². The lowest BCUT2D eigenvalue weighted by Gasteiger charge is -2.18. The van der Waals surface area contributed by atoms with Gasteiger partial charge in [0.15, 0.2) is 0 Å². The van der Waals surface area contributed by atoms with Crippen molar-refractivity contribution in [3.63, 3.8) is 0 Å². The van der Waals surface area contributed by atoms with Crippen LogP contribution >= 0.6 is 11.8 Å². The fourth-order valence-electron chi connectivity index (χ4n) is 2.50. The maximum Gasteiger partial charge on any atom is 0.0991 e. The van der Waals surface area contributed by atoms with E-state index in [1.807, 2.05) is 36.0 Å². The summed E-state index contributed by atoms with van der Waals surface area (Å²) >= 11 is 1.91. The largest absolute Gasteiger partial charge is 0.192 e. The summed E-state index contributed by atoms with van der Waals surface area (Å²) < 4.78 is 0. The molecule has 0 amide bonds. The molecule has 0 radical (unpaired) electrons. The molecule has 0 saturated heterocycles. The van der Waals surface area contributed by atoms with Crippen LogP contribution in [-0.2, 0) is 5.75 Å². The van der Waals surface area contributed by atoms with E-state index in [0.717, 1.165) is 5.75 Å². The number of rotatable bonds is 5. The fourth-order valence-corrected chi connectivity index (χ4v) is 3.75. The van der Waals surface area contributed by atoms with Gasteiger partial charge in [-0.3, -0.25) is 0 Å². The van der Waals surface area contributed by atoms with Crippen molar-refractivity contribution in [2.45, 2.75) is 11.0 Å². The van der Waals surface area contributed by atoms with Crippen molar-refractivity contribution in [2.75, 3.05) is 0 Å². The summed E-state index contributed by atoms with van der Waals surface area (Å²) in [6, 6.07) is 31.2. The SMILES string of the molecule is N#Cc1ccc(CSC(c2ccccc2)c2ccccc2)cc1.